The van der Waals surface area contributed by atoms with Crippen LogP contribution < -0.4 is 5.32 Å². The molecular formula is C24H25N3O. The van der Waals surface area contributed by atoms with Gasteiger partial charge in [0.2, 0.25) is 0 Å². The van der Waals surface area contributed by atoms with Gasteiger partial charge in [-0.05, 0) is 54.3 Å². The first-order valence-corrected chi connectivity index (χ1v) is 10.2. The van der Waals surface area contributed by atoms with Gasteiger partial charge in [-0.1, -0.05) is 43.3 Å². The average Bonchev–Trinajstić information content (AvgIpc) is 3.14. The molecule has 0 fully saturated rings. The van der Waals surface area contributed by atoms with Crippen LogP contribution in [0.5, 0.6) is 0 Å². The maximum absolute atomic E-state index is 12.7. The minimum atomic E-state index is -0.00583. The smallest absolute Gasteiger partial charge is 0.251 e. The van der Waals surface area contributed by atoms with E-state index in [0.29, 0.717) is 11.6 Å². The van der Waals surface area contributed by atoms with Crippen molar-refractivity contribution in [3.05, 3.63) is 77.5 Å². The first-order valence-electron chi connectivity index (χ1n) is 10.2. The van der Waals surface area contributed by atoms with Crippen LogP contribution in [-0.4, -0.2) is 41.0 Å². The van der Waals surface area contributed by atoms with Gasteiger partial charge in [-0.25, -0.2) is 0 Å². The highest BCUT2D eigenvalue weighted by Crippen LogP contribution is 2.40. The van der Waals surface area contributed by atoms with E-state index < -0.39 is 0 Å². The van der Waals surface area contributed by atoms with Crippen molar-refractivity contribution in [2.45, 2.75) is 31.8 Å². The SMILES string of the molecule is CCCN1C[C@@H](NC(=O)c2ccccc2)C=C2c3cccc4[nH]cc(c34)C[C@H]21. The molecule has 1 aliphatic heterocycles. The minimum Gasteiger partial charge on any atom is -0.361 e. The van der Waals surface area contributed by atoms with Crippen LogP contribution in [0.4, 0.5) is 0 Å². The van der Waals surface area contributed by atoms with Crippen molar-refractivity contribution in [2.24, 2.45) is 0 Å². The number of nitrogens with one attached hydrogen (secondary N) is 2. The van der Waals surface area contributed by atoms with Crippen LogP contribution in [0.3, 0.4) is 0 Å². The molecule has 1 aliphatic carbocycles. The van der Waals surface area contributed by atoms with Crippen LogP contribution in [0.15, 0.2) is 60.8 Å². The Kier molecular flexibility index (Phi) is 4.29. The first-order chi connectivity index (χ1) is 13.7. The fourth-order valence-electron chi connectivity index (χ4n) is 4.79. The van der Waals surface area contributed by atoms with E-state index in [1.54, 1.807) is 0 Å². The van der Waals surface area contributed by atoms with Crippen molar-refractivity contribution in [2.75, 3.05) is 13.1 Å². The van der Waals surface area contributed by atoms with Gasteiger partial charge in [0.25, 0.3) is 5.91 Å². The van der Waals surface area contributed by atoms with E-state index in [1.165, 1.54) is 27.6 Å². The lowest BCUT2D eigenvalue weighted by atomic mass is 9.81. The number of nitrogens with zero attached hydrogens (tertiary/aromatic N) is 1. The fourth-order valence-corrected chi connectivity index (χ4v) is 4.79. The molecule has 5 rings (SSSR count). The lowest BCUT2D eigenvalue weighted by molar-refractivity contribution is 0.0928. The number of hydrogen-bond acceptors (Lipinski definition) is 2. The molecule has 3 aromatic rings. The number of H-pyrrole nitrogens is 1. The quantitative estimate of drug-likeness (QED) is 0.728. The normalized spacial score (nSPS) is 21.2. The summed E-state index contributed by atoms with van der Waals surface area (Å²) in [6, 6.07) is 16.4. The van der Waals surface area contributed by atoms with Crippen LogP contribution in [0.2, 0.25) is 0 Å². The molecule has 2 atom stereocenters. The van der Waals surface area contributed by atoms with Gasteiger partial charge < -0.3 is 10.3 Å². The highest BCUT2D eigenvalue weighted by molar-refractivity contribution is 5.99. The van der Waals surface area contributed by atoms with Gasteiger partial charge in [0, 0.05) is 35.2 Å². The zero-order valence-corrected chi connectivity index (χ0v) is 16.1. The van der Waals surface area contributed by atoms with Crippen molar-refractivity contribution in [3.63, 3.8) is 0 Å². The van der Waals surface area contributed by atoms with Crippen molar-refractivity contribution in [3.8, 4) is 0 Å². The number of fused-ring (bicyclic) bond motifs is 2. The molecule has 2 aromatic carbocycles. The number of hydrogen-bond donors (Lipinski definition) is 2. The zero-order chi connectivity index (χ0) is 19.1. The molecule has 2 heterocycles. The Hall–Kier alpha value is -2.85. The molecule has 1 aromatic heterocycles. The highest BCUT2D eigenvalue weighted by Gasteiger charge is 2.35. The Morgan fingerprint density at radius 2 is 2.04 bits per heavy atom. The largest absolute Gasteiger partial charge is 0.361 e. The summed E-state index contributed by atoms with van der Waals surface area (Å²) in [5.41, 5.74) is 5.98. The summed E-state index contributed by atoms with van der Waals surface area (Å²) in [7, 11) is 0. The molecule has 2 N–H and O–H groups in total. The average molecular weight is 371 g/mol. The number of rotatable bonds is 4. The van der Waals surface area contributed by atoms with Gasteiger partial charge in [-0.2, -0.15) is 0 Å². The highest BCUT2D eigenvalue weighted by atomic mass is 16.1. The summed E-state index contributed by atoms with van der Waals surface area (Å²) in [4.78, 5) is 18.7. The van der Waals surface area contributed by atoms with E-state index in [0.717, 1.165) is 25.9 Å². The van der Waals surface area contributed by atoms with Crippen LogP contribution >= 0.6 is 0 Å². The van der Waals surface area contributed by atoms with Crippen molar-refractivity contribution in [1.82, 2.24) is 15.2 Å². The van der Waals surface area contributed by atoms with E-state index >= 15 is 0 Å². The molecule has 0 spiro atoms. The lowest BCUT2D eigenvalue weighted by Crippen LogP contribution is -2.52. The second-order valence-electron chi connectivity index (χ2n) is 7.82. The molecule has 1 amide bonds. The molecule has 4 nitrogen and oxygen atoms in total. The number of carbonyl (C=O) groups is 1. The summed E-state index contributed by atoms with van der Waals surface area (Å²) >= 11 is 0. The molecule has 4 heteroatoms. The molecule has 0 saturated carbocycles. The summed E-state index contributed by atoms with van der Waals surface area (Å²) < 4.78 is 0. The summed E-state index contributed by atoms with van der Waals surface area (Å²) in [6.45, 7) is 4.12. The summed E-state index contributed by atoms with van der Waals surface area (Å²) in [5, 5.41) is 4.59. The van der Waals surface area contributed by atoms with Gasteiger partial charge in [0.15, 0.2) is 0 Å². The van der Waals surface area contributed by atoms with Gasteiger partial charge in [-0.3, -0.25) is 9.69 Å². The predicted octanol–water partition coefficient (Wildman–Crippen LogP) is 4.00. The number of aromatic amines is 1. The maximum Gasteiger partial charge on any atom is 0.251 e. The maximum atomic E-state index is 12.7. The van der Waals surface area contributed by atoms with E-state index in [-0.39, 0.29) is 11.9 Å². The fraction of sp³-hybridized carbons (Fsp3) is 0.292. The van der Waals surface area contributed by atoms with Crippen molar-refractivity contribution < 1.29 is 4.79 Å². The molecule has 142 valence electrons. The third-order valence-electron chi connectivity index (χ3n) is 5.99. The molecule has 28 heavy (non-hydrogen) atoms. The third kappa shape index (κ3) is 2.85. The summed E-state index contributed by atoms with van der Waals surface area (Å²) in [5.74, 6) is -0.00583. The van der Waals surface area contributed by atoms with Gasteiger partial charge in [0.05, 0.1) is 6.04 Å². The van der Waals surface area contributed by atoms with Gasteiger partial charge in [0.1, 0.15) is 0 Å². The molecule has 0 bridgehead atoms. The second kappa shape index (κ2) is 6.95. The minimum absolute atomic E-state index is 0.00583. The topological polar surface area (TPSA) is 48.1 Å². The van der Waals surface area contributed by atoms with Crippen LogP contribution in [-0.2, 0) is 6.42 Å². The number of aromatic nitrogens is 1. The summed E-state index contributed by atoms with van der Waals surface area (Å²) in [6.07, 6.45) is 6.59. The van der Waals surface area contributed by atoms with Gasteiger partial charge >= 0.3 is 0 Å². The standard InChI is InChI=1S/C24H25N3O/c1-2-11-27-15-18(26-24(28)16-7-4-3-5-8-16)13-20-19-9-6-10-21-23(19)17(14-25-21)12-22(20)27/h3-10,13-14,18,22,25H,2,11-12,15H2,1H3,(H,26,28)/t18-,22+/m0/s1. The Labute approximate surface area is 165 Å². The number of benzene rings is 2. The molecule has 0 saturated heterocycles. The van der Waals surface area contributed by atoms with Gasteiger partial charge in [-0.15, -0.1) is 0 Å². The van der Waals surface area contributed by atoms with E-state index in [4.69, 9.17) is 0 Å². The number of amides is 1. The molecule has 0 radical (unpaired) electrons. The number of carbonyl (C=O) groups excluding carboxylic acids is 1. The second-order valence-corrected chi connectivity index (χ2v) is 7.82. The Morgan fingerprint density at radius 3 is 2.86 bits per heavy atom. The molecule has 2 aliphatic rings. The van der Waals surface area contributed by atoms with E-state index in [2.05, 4.69) is 52.6 Å². The zero-order valence-electron chi connectivity index (χ0n) is 16.1. The first kappa shape index (κ1) is 17.3. The Balaban J connectivity index is 1.52. The van der Waals surface area contributed by atoms with Crippen molar-refractivity contribution >= 4 is 22.4 Å². The monoisotopic (exact) mass is 371 g/mol. The molecule has 0 unspecified atom stereocenters. The lowest BCUT2D eigenvalue weighted by Gasteiger charge is -2.42. The van der Waals surface area contributed by atoms with Crippen LogP contribution in [0, 0.1) is 0 Å². The Morgan fingerprint density at radius 1 is 1.18 bits per heavy atom. The van der Waals surface area contributed by atoms with Crippen LogP contribution in [0.1, 0.15) is 34.8 Å². The van der Waals surface area contributed by atoms with Crippen LogP contribution in [0.25, 0.3) is 16.5 Å². The van der Waals surface area contributed by atoms with Crippen molar-refractivity contribution in [1.29, 1.82) is 0 Å². The van der Waals surface area contributed by atoms with E-state index in [1.807, 2.05) is 30.3 Å². The molecular weight excluding hydrogens is 346 g/mol. The van der Waals surface area contributed by atoms with E-state index in [9.17, 15) is 4.79 Å². The predicted molar refractivity (Wildman–Crippen MR) is 113 cm³/mol. The third-order valence-corrected chi connectivity index (χ3v) is 5.99. The Bertz CT molecular complexity index is 1050.